The Balaban J connectivity index is 1.37. The molecule has 0 spiro atoms. The first-order valence-electron chi connectivity index (χ1n) is 9.69. The molecule has 1 fully saturated rings. The number of hydrogen-bond acceptors (Lipinski definition) is 4. The minimum atomic E-state index is -4.56. The van der Waals surface area contributed by atoms with Crippen molar-refractivity contribution in [3.63, 3.8) is 0 Å². The molecule has 1 aliphatic carbocycles. The third-order valence-corrected chi connectivity index (χ3v) is 5.36. The van der Waals surface area contributed by atoms with Crippen molar-refractivity contribution in [1.82, 2.24) is 25.1 Å². The van der Waals surface area contributed by atoms with Crippen LogP contribution in [-0.4, -0.2) is 31.7 Å². The van der Waals surface area contributed by atoms with E-state index in [4.69, 9.17) is 0 Å². The summed E-state index contributed by atoms with van der Waals surface area (Å²) in [5.74, 6) is -0.684. The highest BCUT2D eigenvalue weighted by atomic mass is 19.4. The maximum Gasteiger partial charge on any atom is 0.417 e. The highest BCUT2D eigenvalue weighted by Gasteiger charge is 2.35. The number of hydrogen-bond donors (Lipinski definition) is 1. The van der Waals surface area contributed by atoms with Gasteiger partial charge in [0.05, 0.1) is 29.1 Å². The van der Waals surface area contributed by atoms with Gasteiger partial charge in [0.2, 0.25) is 0 Å². The van der Waals surface area contributed by atoms with Crippen molar-refractivity contribution >= 4 is 5.91 Å². The molecule has 156 valence electrons. The topological polar surface area (TPSA) is 72.7 Å². The zero-order chi connectivity index (χ0) is 21.1. The van der Waals surface area contributed by atoms with Gasteiger partial charge in [0, 0.05) is 24.0 Å². The number of alkyl halides is 3. The summed E-state index contributed by atoms with van der Waals surface area (Å²) in [4.78, 5) is 20.6. The summed E-state index contributed by atoms with van der Waals surface area (Å²) in [6.45, 7) is 0. The Bertz CT molecular complexity index is 1010. The molecule has 1 aliphatic rings. The van der Waals surface area contributed by atoms with Crippen molar-refractivity contribution in [2.24, 2.45) is 0 Å². The molecule has 1 amide bonds. The van der Waals surface area contributed by atoms with E-state index >= 15 is 0 Å². The molecule has 9 heteroatoms. The molecule has 4 rings (SSSR count). The molecule has 1 aromatic carbocycles. The first-order valence-corrected chi connectivity index (χ1v) is 9.69. The van der Waals surface area contributed by atoms with Crippen LogP contribution in [-0.2, 0) is 6.18 Å². The van der Waals surface area contributed by atoms with Crippen molar-refractivity contribution in [2.45, 2.75) is 43.9 Å². The number of nitrogens with zero attached hydrogens (tertiary/aromatic N) is 4. The summed E-state index contributed by atoms with van der Waals surface area (Å²) in [7, 11) is 0. The highest BCUT2D eigenvalue weighted by molar-refractivity contribution is 5.96. The van der Waals surface area contributed by atoms with E-state index < -0.39 is 17.6 Å². The normalized spacial score (nSPS) is 19.4. The Morgan fingerprint density at radius 1 is 1.10 bits per heavy atom. The summed E-state index contributed by atoms with van der Waals surface area (Å²) in [6.07, 6.45) is 5.18. The fourth-order valence-electron chi connectivity index (χ4n) is 3.81. The fourth-order valence-corrected chi connectivity index (χ4v) is 3.81. The second-order valence-electron chi connectivity index (χ2n) is 7.33. The molecule has 0 saturated heterocycles. The van der Waals surface area contributed by atoms with Gasteiger partial charge in [-0.2, -0.15) is 18.3 Å². The lowest BCUT2D eigenvalue weighted by Crippen LogP contribution is -2.38. The van der Waals surface area contributed by atoms with Gasteiger partial charge in [-0.15, -0.1) is 0 Å². The minimum Gasteiger partial charge on any atom is -0.349 e. The van der Waals surface area contributed by atoms with Gasteiger partial charge >= 0.3 is 6.18 Å². The Morgan fingerprint density at radius 3 is 2.57 bits per heavy atom. The Labute approximate surface area is 171 Å². The van der Waals surface area contributed by atoms with E-state index in [0.29, 0.717) is 12.8 Å². The maximum absolute atomic E-state index is 13.2. The molecular formula is C21H20F3N5O. The molecule has 0 atom stereocenters. The van der Waals surface area contributed by atoms with E-state index in [1.807, 2.05) is 16.9 Å². The van der Waals surface area contributed by atoms with Crippen molar-refractivity contribution in [2.75, 3.05) is 0 Å². The van der Waals surface area contributed by atoms with Crippen molar-refractivity contribution in [1.29, 1.82) is 0 Å². The van der Waals surface area contributed by atoms with Crippen molar-refractivity contribution in [3.05, 3.63) is 66.4 Å². The number of amides is 1. The van der Waals surface area contributed by atoms with E-state index in [9.17, 15) is 18.0 Å². The van der Waals surface area contributed by atoms with Crippen LogP contribution in [0.4, 0.5) is 13.2 Å². The molecular weight excluding hydrogens is 395 g/mol. The van der Waals surface area contributed by atoms with Crippen LogP contribution in [0.2, 0.25) is 0 Å². The van der Waals surface area contributed by atoms with Crippen LogP contribution in [0.1, 0.15) is 47.6 Å². The highest BCUT2D eigenvalue weighted by Crippen LogP contribution is 2.33. The summed E-state index contributed by atoms with van der Waals surface area (Å²) in [5.41, 5.74) is 0.441. The number of halogens is 3. The second kappa shape index (κ2) is 8.25. The molecule has 30 heavy (non-hydrogen) atoms. The minimum absolute atomic E-state index is 0.160. The van der Waals surface area contributed by atoms with Crippen LogP contribution < -0.4 is 5.32 Å². The summed E-state index contributed by atoms with van der Waals surface area (Å²) in [6, 6.07) is 6.69. The maximum atomic E-state index is 13.2. The second-order valence-corrected chi connectivity index (χ2v) is 7.33. The third kappa shape index (κ3) is 4.34. The predicted molar refractivity (Wildman–Crippen MR) is 103 cm³/mol. The molecule has 0 unspecified atom stereocenters. The number of nitrogens with one attached hydrogen (secondary N) is 1. The van der Waals surface area contributed by atoms with Crippen LogP contribution >= 0.6 is 0 Å². The van der Waals surface area contributed by atoms with Crippen LogP contribution in [0, 0.1) is 0 Å². The quantitative estimate of drug-likeness (QED) is 0.691. The molecule has 2 aromatic heterocycles. The van der Waals surface area contributed by atoms with Crippen LogP contribution in [0.25, 0.3) is 11.3 Å². The molecule has 1 N–H and O–H groups in total. The average Bonchev–Trinajstić information content (AvgIpc) is 3.25. The van der Waals surface area contributed by atoms with E-state index in [0.717, 1.165) is 30.2 Å². The van der Waals surface area contributed by atoms with E-state index in [2.05, 4.69) is 20.4 Å². The van der Waals surface area contributed by atoms with Gasteiger partial charge in [0.15, 0.2) is 0 Å². The fraction of sp³-hybridized carbons (Fsp3) is 0.333. The largest absolute Gasteiger partial charge is 0.417 e. The zero-order valence-corrected chi connectivity index (χ0v) is 16.0. The van der Waals surface area contributed by atoms with Gasteiger partial charge < -0.3 is 5.32 Å². The zero-order valence-electron chi connectivity index (χ0n) is 16.0. The lowest BCUT2D eigenvalue weighted by atomic mass is 9.91. The van der Waals surface area contributed by atoms with E-state index in [-0.39, 0.29) is 17.6 Å². The summed E-state index contributed by atoms with van der Waals surface area (Å²) < 4.78 is 41.4. The lowest BCUT2D eigenvalue weighted by Gasteiger charge is -2.29. The van der Waals surface area contributed by atoms with Gasteiger partial charge in [0.25, 0.3) is 5.91 Å². The number of carbonyl (C=O) groups excluding carboxylic acids is 1. The predicted octanol–water partition coefficient (Wildman–Crippen LogP) is 4.27. The molecule has 2 heterocycles. The van der Waals surface area contributed by atoms with Gasteiger partial charge in [-0.1, -0.05) is 12.1 Å². The first-order chi connectivity index (χ1) is 14.4. The standard InChI is InChI=1S/C21H20F3N5O/c22-21(23,24)18-4-2-1-3-17(18)20(30)28-15-5-7-16(8-6-15)29-12-14(11-27-29)19-9-10-25-13-26-19/h1-4,9-13,15-16H,5-8H2,(H,28,30). The molecule has 0 aliphatic heterocycles. The number of carbonyl (C=O) groups is 1. The number of benzene rings is 1. The first kappa shape index (κ1) is 20.1. The lowest BCUT2D eigenvalue weighted by molar-refractivity contribution is -0.137. The Kier molecular flexibility index (Phi) is 5.52. The molecule has 1 saturated carbocycles. The van der Waals surface area contributed by atoms with Crippen molar-refractivity contribution in [3.8, 4) is 11.3 Å². The van der Waals surface area contributed by atoms with Gasteiger partial charge in [-0.3, -0.25) is 9.48 Å². The Morgan fingerprint density at radius 2 is 1.87 bits per heavy atom. The monoisotopic (exact) mass is 415 g/mol. The van der Waals surface area contributed by atoms with Crippen molar-refractivity contribution < 1.29 is 18.0 Å². The van der Waals surface area contributed by atoms with E-state index in [1.54, 1.807) is 12.4 Å². The van der Waals surface area contributed by atoms with Gasteiger partial charge in [-0.25, -0.2) is 9.97 Å². The molecule has 0 bridgehead atoms. The Hall–Kier alpha value is -3.23. The van der Waals surface area contributed by atoms with Crippen LogP contribution in [0.5, 0.6) is 0 Å². The van der Waals surface area contributed by atoms with Gasteiger partial charge in [-0.05, 0) is 43.9 Å². The third-order valence-electron chi connectivity index (χ3n) is 5.36. The summed E-state index contributed by atoms with van der Waals surface area (Å²) >= 11 is 0. The molecule has 6 nitrogen and oxygen atoms in total. The SMILES string of the molecule is O=C(NC1CCC(n2cc(-c3ccncn3)cn2)CC1)c1ccccc1C(F)(F)F. The summed E-state index contributed by atoms with van der Waals surface area (Å²) in [5, 5.41) is 7.20. The van der Waals surface area contributed by atoms with Crippen LogP contribution in [0.15, 0.2) is 55.2 Å². The number of rotatable bonds is 4. The van der Waals surface area contributed by atoms with E-state index in [1.165, 1.54) is 24.5 Å². The average molecular weight is 415 g/mol. The molecule has 0 radical (unpaired) electrons. The number of aromatic nitrogens is 4. The smallest absolute Gasteiger partial charge is 0.349 e. The molecule has 3 aromatic rings. The van der Waals surface area contributed by atoms with Crippen LogP contribution in [0.3, 0.4) is 0 Å². The van der Waals surface area contributed by atoms with Gasteiger partial charge in [0.1, 0.15) is 6.33 Å².